The summed E-state index contributed by atoms with van der Waals surface area (Å²) in [6.07, 6.45) is 4.23. The number of halogens is 1. The highest BCUT2D eigenvalue weighted by Crippen LogP contribution is 2.37. The van der Waals surface area contributed by atoms with Crippen molar-refractivity contribution in [3.63, 3.8) is 0 Å². The van der Waals surface area contributed by atoms with E-state index in [0.29, 0.717) is 47.8 Å². The summed E-state index contributed by atoms with van der Waals surface area (Å²) in [4.78, 5) is 40.4. The van der Waals surface area contributed by atoms with E-state index in [0.717, 1.165) is 31.2 Å². The summed E-state index contributed by atoms with van der Waals surface area (Å²) in [5.41, 5.74) is 3.91. The maximum Gasteiger partial charge on any atom is 0.306 e. The molecule has 4 aromatic rings. The van der Waals surface area contributed by atoms with Crippen molar-refractivity contribution >= 4 is 29.3 Å². The molecule has 55 heavy (non-hydrogen) atoms. The van der Waals surface area contributed by atoms with Crippen molar-refractivity contribution in [3.8, 4) is 23.1 Å². The van der Waals surface area contributed by atoms with Crippen molar-refractivity contribution in [1.82, 2.24) is 10.6 Å². The number of carbonyl (C=O) groups is 3. The molecule has 9 nitrogen and oxygen atoms in total. The number of esters is 1. The number of benzene rings is 3. The van der Waals surface area contributed by atoms with Crippen molar-refractivity contribution < 1.29 is 28.3 Å². The Morgan fingerprint density at radius 2 is 1.60 bits per heavy atom. The van der Waals surface area contributed by atoms with Gasteiger partial charge in [-0.1, -0.05) is 53.6 Å². The number of hydrogen-bond acceptors (Lipinski definition) is 8. The Balaban J connectivity index is 1.29. The van der Waals surface area contributed by atoms with Crippen molar-refractivity contribution in [3.05, 3.63) is 111 Å². The predicted molar refractivity (Wildman–Crippen MR) is 214 cm³/mol. The minimum atomic E-state index is -0.835. The van der Waals surface area contributed by atoms with Gasteiger partial charge in [-0.3, -0.25) is 14.4 Å². The summed E-state index contributed by atoms with van der Waals surface area (Å²) >= 11 is 6.69. The van der Waals surface area contributed by atoms with Gasteiger partial charge < -0.3 is 24.5 Å². The van der Waals surface area contributed by atoms with Crippen LogP contribution >= 0.6 is 11.6 Å². The Morgan fingerprint density at radius 1 is 0.945 bits per heavy atom. The summed E-state index contributed by atoms with van der Waals surface area (Å²) < 4.78 is 17.4. The molecule has 2 atom stereocenters. The molecule has 1 aliphatic rings. The van der Waals surface area contributed by atoms with Crippen molar-refractivity contribution in [2.24, 2.45) is 11.8 Å². The highest BCUT2D eigenvalue weighted by atomic mass is 35.5. The lowest BCUT2D eigenvalue weighted by atomic mass is 9.78. The SMILES string of the molecule is COc1cc(Cl)c(C(=O)N[C@H](Cc2ccc(C#N)cc2)C(=O)CC2CCC(CC(=O)OC(C)(C)C)CC2)cc1-c1ccc(CN[C@H](C)c2ccc(C)cc2)o1. The largest absolute Gasteiger partial charge is 0.496 e. The molecule has 1 saturated carbocycles. The van der Waals surface area contributed by atoms with E-state index in [-0.39, 0.29) is 46.6 Å². The summed E-state index contributed by atoms with van der Waals surface area (Å²) in [6, 6.07) is 23.7. The monoisotopic (exact) mass is 765 g/mol. The van der Waals surface area contributed by atoms with Crippen LogP contribution in [0.2, 0.25) is 5.02 Å². The van der Waals surface area contributed by atoms with Crippen LogP contribution in [0.3, 0.4) is 0 Å². The number of carbonyl (C=O) groups excluding carboxylic acids is 3. The number of rotatable bonds is 15. The number of nitriles is 1. The fourth-order valence-corrected chi connectivity index (χ4v) is 7.29. The Bertz CT molecular complexity index is 1980. The Morgan fingerprint density at radius 3 is 2.22 bits per heavy atom. The van der Waals surface area contributed by atoms with Gasteiger partial charge >= 0.3 is 5.97 Å². The quantitative estimate of drug-likeness (QED) is 0.115. The second-order valence-corrected chi connectivity index (χ2v) is 16.1. The minimum Gasteiger partial charge on any atom is -0.496 e. The van der Waals surface area contributed by atoms with Crippen LogP contribution in [-0.4, -0.2) is 36.4 Å². The molecule has 290 valence electrons. The van der Waals surface area contributed by atoms with Gasteiger partial charge in [-0.15, -0.1) is 0 Å². The number of aryl methyl sites for hydroxylation is 1. The average Bonchev–Trinajstić information content (AvgIpc) is 3.62. The van der Waals surface area contributed by atoms with E-state index in [1.54, 1.807) is 36.4 Å². The van der Waals surface area contributed by atoms with Gasteiger partial charge in [-0.05, 0) is 120 Å². The molecule has 5 rings (SSSR count). The summed E-state index contributed by atoms with van der Waals surface area (Å²) in [5.74, 6) is 1.26. The fraction of sp³-hybridized carbons (Fsp3) is 0.422. The van der Waals surface area contributed by atoms with E-state index in [9.17, 15) is 19.6 Å². The molecule has 0 saturated heterocycles. The zero-order valence-corrected chi connectivity index (χ0v) is 33.4. The summed E-state index contributed by atoms with van der Waals surface area (Å²) in [6.45, 7) is 10.2. The summed E-state index contributed by atoms with van der Waals surface area (Å²) in [7, 11) is 1.53. The van der Waals surface area contributed by atoms with Gasteiger partial charge in [0.05, 0.1) is 47.5 Å². The van der Waals surface area contributed by atoms with E-state index in [1.165, 1.54) is 18.2 Å². The number of ether oxygens (including phenoxy) is 2. The average molecular weight is 766 g/mol. The third-order valence-electron chi connectivity index (χ3n) is 10.2. The number of methoxy groups -OCH3 is 1. The first kappa shape index (κ1) is 41.3. The number of amides is 1. The van der Waals surface area contributed by atoms with Crippen molar-refractivity contribution in [1.29, 1.82) is 5.26 Å². The molecule has 1 amide bonds. The molecule has 0 spiro atoms. The van der Waals surface area contributed by atoms with Crippen LogP contribution in [0, 0.1) is 30.1 Å². The molecule has 2 N–H and O–H groups in total. The van der Waals surface area contributed by atoms with Gasteiger partial charge in [-0.2, -0.15) is 5.26 Å². The molecular weight excluding hydrogens is 714 g/mol. The smallest absolute Gasteiger partial charge is 0.306 e. The Labute approximate surface area is 329 Å². The van der Waals surface area contributed by atoms with E-state index >= 15 is 0 Å². The lowest BCUT2D eigenvalue weighted by Gasteiger charge is -2.29. The topological polar surface area (TPSA) is 131 Å². The van der Waals surface area contributed by atoms with Crippen molar-refractivity contribution in [2.75, 3.05) is 7.11 Å². The predicted octanol–water partition coefficient (Wildman–Crippen LogP) is 9.48. The Hall–Kier alpha value is -4.91. The molecule has 10 heteroatoms. The molecule has 0 radical (unpaired) electrons. The molecule has 3 aromatic carbocycles. The number of Topliss-reactive ketones (excluding diaryl/α,β-unsaturated/α-hetero) is 1. The van der Waals surface area contributed by atoms with E-state index in [1.807, 2.05) is 32.9 Å². The third kappa shape index (κ3) is 11.8. The maximum absolute atomic E-state index is 14.0. The van der Waals surface area contributed by atoms with Gasteiger partial charge in [0.25, 0.3) is 5.91 Å². The third-order valence-corrected chi connectivity index (χ3v) is 10.5. The van der Waals surface area contributed by atoms with Crippen LogP contribution in [-0.2, 0) is 27.3 Å². The van der Waals surface area contributed by atoms with Crippen LogP contribution in [0.15, 0.2) is 77.2 Å². The summed E-state index contributed by atoms with van der Waals surface area (Å²) in [5, 5.41) is 15.9. The zero-order chi connectivity index (χ0) is 39.7. The normalized spacial score (nSPS) is 16.8. The van der Waals surface area contributed by atoms with Gasteiger partial charge in [0.1, 0.15) is 22.9 Å². The van der Waals surface area contributed by atoms with Gasteiger partial charge in [0.15, 0.2) is 5.78 Å². The first-order valence-electron chi connectivity index (χ1n) is 19.0. The molecule has 0 unspecified atom stereocenters. The van der Waals surface area contributed by atoms with Gasteiger partial charge in [0, 0.05) is 24.9 Å². The van der Waals surface area contributed by atoms with Crippen LogP contribution in [0.1, 0.15) is 111 Å². The standard InChI is InChI=1S/C45H52ClN3O6/c1-28-7-17-34(18-8-28)29(2)48-27-35-19-20-41(54-35)37-24-36(38(46)25-42(37)53-6)44(52)49-39(21-30-13-15-33(26-47)16-14-30)40(50)22-31-9-11-32(12-10-31)23-43(51)55-45(3,4)5/h7-8,13-20,24-25,29,31-32,39,48H,9-12,21-23,27H2,1-6H3,(H,49,52)/t29-,31?,32?,39-/m1/s1. The second-order valence-electron chi connectivity index (χ2n) is 15.7. The minimum absolute atomic E-state index is 0.0822. The molecular formula is C45H52ClN3O6. The number of hydrogen-bond donors (Lipinski definition) is 2. The molecule has 1 aliphatic carbocycles. The van der Waals surface area contributed by atoms with Crippen molar-refractivity contribution in [2.45, 2.75) is 104 Å². The van der Waals surface area contributed by atoms with Crippen LogP contribution in [0.5, 0.6) is 5.75 Å². The Kier molecular flexibility index (Phi) is 14.0. The lowest BCUT2D eigenvalue weighted by Crippen LogP contribution is -2.43. The first-order valence-corrected chi connectivity index (χ1v) is 19.4. The van der Waals surface area contributed by atoms with Crippen LogP contribution in [0.25, 0.3) is 11.3 Å². The van der Waals surface area contributed by atoms with Gasteiger partial charge in [-0.25, -0.2) is 0 Å². The zero-order valence-electron chi connectivity index (χ0n) is 32.7. The molecule has 0 aliphatic heterocycles. The van der Waals surface area contributed by atoms with Gasteiger partial charge in [0.2, 0.25) is 0 Å². The number of nitrogens with one attached hydrogen (secondary N) is 2. The lowest BCUT2D eigenvalue weighted by molar-refractivity contribution is -0.156. The molecule has 1 heterocycles. The van der Waals surface area contributed by atoms with Crippen LogP contribution < -0.4 is 15.4 Å². The number of nitrogens with zero attached hydrogens (tertiary/aromatic N) is 1. The number of ketones is 1. The maximum atomic E-state index is 14.0. The highest BCUT2D eigenvalue weighted by molar-refractivity contribution is 6.34. The van der Waals surface area contributed by atoms with E-state index < -0.39 is 17.6 Å². The van der Waals surface area contributed by atoms with E-state index in [2.05, 4.69) is 54.8 Å². The first-order chi connectivity index (χ1) is 26.2. The number of furan rings is 1. The highest BCUT2D eigenvalue weighted by Gasteiger charge is 2.30. The van der Waals surface area contributed by atoms with E-state index in [4.69, 9.17) is 25.5 Å². The fourth-order valence-electron chi connectivity index (χ4n) is 7.05. The molecule has 1 fully saturated rings. The molecule has 1 aromatic heterocycles. The van der Waals surface area contributed by atoms with Crippen LogP contribution in [0.4, 0.5) is 0 Å². The second kappa shape index (κ2) is 18.6. The molecule has 0 bridgehead atoms.